The van der Waals surface area contributed by atoms with E-state index in [9.17, 15) is 14.4 Å². The molecule has 0 aliphatic carbocycles. The monoisotopic (exact) mass is 381 g/mol. The van der Waals surface area contributed by atoms with Gasteiger partial charge in [-0.2, -0.15) is 4.98 Å². The Labute approximate surface area is 157 Å². The first kappa shape index (κ1) is 20.9. The molecule has 0 bridgehead atoms. The van der Waals surface area contributed by atoms with Crippen LogP contribution in [0.5, 0.6) is 0 Å². The molecule has 1 aliphatic rings. The maximum Gasteiger partial charge on any atom is 0.352 e. The van der Waals surface area contributed by atoms with E-state index in [0.717, 1.165) is 0 Å². The van der Waals surface area contributed by atoms with Gasteiger partial charge in [0, 0.05) is 12.1 Å². The number of nitrogens with two attached hydrogens (primary N) is 1. The number of esters is 2. The van der Waals surface area contributed by atoms with Crippen molar-refractivity contribution in [1.82, 2.24) is 9.55 Å². The second kappa shape index (κ2) is 8.08. The van der Waals surface area contributed by atoms with Crippen molar-refractivity contribution >= 4 is 17.8 Å². The highest BCUT2D eigenvalue weighted by Gasteiger charge is 2.54. The van der Waals surface area contributed by atoms with Crippen molar-refractivity contribution in [2.24, 2.45) is 17.8 Å². The number of ether oxygens (including phenoxy) is 3. The van der Waals surface area contributed by atoms with E-state index in [1.54, 1.807) is 27.7 Å². The summed E-state index contributed by atoms with van der Waals surface area (Å²) in [5.41, 5.74) is 3.39. The quantitative estimate of drug-likeness (QED) is 0.722. The Morgan fingerprint density at radius 1 is 1.33 bits per heavy atom. The molecular weight excluding hydrogens is 354 g/mol. The zero-order valence-electron chi connectivity index (χ0n) is 16.3. The van der Waals surface area contributed by atoms with Crippen LogP contribution in [0.15, 0.2) is 17.1 Å². The largest absolute Gasteiger partial charge is 0.460 e. The SMILES string of the molecule is CC(C)C(=O)OC[C@@]1(n2ccc(N)nc2=O)OC[C@H](C)[C@@H]1OC(=O)C(C)C. The normalized spacial score (nSPS) is 25.0. The summed E-state index contributed by atoms with van der Waals surface area (Å²) < 4.78 is 18.1. The van der Waals surface area contributed by atoms with Crippen molar-refractivity contribution in [2.45, 2.75) is 46.4 Å². The topological polar surface area (TPSA) is 123 Å². The molecule has 0 saturated carbocycles. The zero-order valence-corrected chi connectivity index (χ0v) is 16.3. The van der Waals surface area contributed by atoms with Gasteiger partial charge in [0.05, 0.1) is 18.4 Å². The van der Waals surface area contributed by atoms with Crippen molar-refractivity contribution in [3.63, 3.8) is 0 Å². The molecular formula is C18H27N3O6. The van der Waals surface area contributed by atoms with E-state index < -0.39 is 29.5 Å². The average Bonchev–Trinajstić information content (AvgIpc) is 2.89. The van der Waals surface area contributed by atoms with Crippen molar-refractivity contribution in [3.05, 3.63) is 22.7 Å². The predicted molar refractivity (Wildman–Crippen MR) is 96.5 cm³/mol. The average molecular weight is 381 g/mol. The molecule has 1 aliphatic heterocycles. The summed E-state index contributed by atoms with van der Waals surface area (Å²) in [6, 6.07) is 1.43. The van der Waals surface area contributed by atoms with Gasteiger partial charge >= 0.3 is 17.6 Å². The van der Waals surface area contributed by atoms with Gasteiger partial charge in [-0.1, -0.05) is 34.6 Å². The number of carbonyl (C=O) groups is 2. The minimum absolute atomic E-state index is 0.0485. The fourth-order valence-electron chi connectivity index (χ4n) is 2.80. The van der Waals surface area contributed by atoms with E-state index >= 15 is 0 Å². The first-order valence-electron chi connectivity index (χ1n) is 8.95. The summed E-state index contributed by atoms with van der Waals surface area (Å²) in [6.45, 7) is 8.56. The van der Waals surface area contributed by atoms with Crippen molar-refractivity contribution < 1.29 is 23.8 Å². The molecule has 1 fully saturated rings. The second-order valence-corrected chi connectivity index (χ2v) is 7.41. The van der Waals surface area contributed by atoms with Gasteiger partial charge in [-0.25, -0.2) is 4.79 Å². The van der Waals surface area contributed by atoms with E-state index in [1.165, 1.54) is 16.8 Å². The number of rotatable bonds is 6. The Morgan fingerprint density at radius 2 is 1.96 bits per heavy atom. The molecule has 0 amide bonds. The van der Waals surface area contributed by atoms with Gasteiger partial charge < -0.3 is 19.9 Å². The smallest absolute Gasteiger partial charge is 0.352 e. The van der Waals surface area contributed by atoms with Crippen LogP contribution in [0.1, 0.15) is 34.6 Å². The predicted octanol–water partition coefficient (Wildman–Crippen LogP) is 0.912. The van der Waals surface area contributed by atoms with Crippen LogP contribution in [0.3, 0.4) is 0 Å². The lowest BCUT2D eigenvalue weighted by Crippen LogP contribution is -2.54. The first-order chi connectivity index (χ1) is 12.6. The summed E-state index contributed by atoms with van der Waals surface area (Å²) in [5.74, 6) is -1.80. The number of nitrogens with zero attached hydrogens (tertiary/aromatic N) is 2. The van der Waals surface area contributed by atoms with Crippen LogP contribution in [-0.2, 0) is 29.5 Å². The third-order valence-corrected chi connectivity index (χ3v) is 4.40. The highest BCUT2D eigenvalue weighted by atomic mass is 16.6. The Bertz CT molecular complexity index is 760. The molecule has 0 aromatic carbocycles. The molecule has 0 radical (unpaired) electrons. The number of nitrogen functional groups attached to an aromatic ring is 1. The second-order valence-electron chi connectivity index (χ2n) is 7.41. The molecule has 9 nitrogen and oxygen atoms in total. The van der Waals surface area contributed by atoms with Gasteiger partial charge in [0.25, 0.3) is 0 Å². The van der Waals surface area contributed by atoms with Crippen LogP contribution < -0.4 is 11.4 Å². The van der Waals surface area contributed by atoms with Gasteiger partial charge in [-0.3, -0.25) is 14.2 Å². The summed E-state index contributed by atoms with van der Waals surface area (Å²) >= 11 is 0. The molecule has 2 rings (SSSR count). The van der Waals surface area contributed by atoms with Crippen LogP contribution in [0.4, 0.5) is 5.82 Å². The van der Waals surface area contributed by atoms with Gasteiger partial charge in [0.2, 0.25) is 5.72 Å². The van der Waals surface area contributed by atoms with E-state index in [0.29, 0.717) is 0 Å². The molecule has 150 valence electrons. The summed E-state index contributed by atoms with van der Waals surface area (Å²) in [6.07, 6.45) is 0.567. The third-order valence-electron chi connectivity index (χ3n) is 4.40. The molecule has 0 spiro atoms. The molecule has 1 saturated heterocycles. The number of hydrogen-bond donors (Lipinski definition) is 1. The highest BCUT2D eigenvalue weighted by molar-refractivity contribution is 5.72. The van der Waals surface area contributed by atoms with Gasteiger partial charge in [0.1, 0.15) is 12.4 Å². The summed E-state index contributed by atoms with van der Waals surface area (Å²) in [7, 11) is 0. The van der Waals surface area contributed by atoms with E-state index in [4.69, 9.17) is 19.9 Å². The van der Waals surface area contributed by atoms with Crippen LogP contribution in [0, 0.1) is 17.8 Å². The maximum absolute atomic E-state index is 12.5. The fraction of sp³-hybridized carbons (Fsp3) is 0.667. The standard InChI is InChI=1S/C18H27N3O6/c1-10(2)15(22)25-9-18(21-7-6-13(19)20-17(21)24)14(12(5)8-26-18)27-16(23)11(3)4/h6-7,10-12,14H,8-9H2,1-5H3,(H2,19,20,24)/t12-,14-,18+/m0/s1. The Morgan fingerprint density at radius 3 is 2.52 bits per heavy atom. The van der Waals surface area contributed by atoms with Crippen LogP contribution in [-0.4, -0.2) is 40.8 Å². The van der Waals surface area contributed by atoms with Crippen LogP contribution >= 0.6 is 0 Å². The van der Waals surface area contributed by atoms with Gasteiger partial charge in [0.15, 0.2) is 6.10 Å². The first-order valence-corrected chi connectivity index (χ1v) is 8.95. The summed E-state index contributed by atoms with van der Waals surface area (Å²) in [4.78, 5) is 40.5. The number of hydrogen-bond acceptors (Lipinski definition) is 8. The van der Waals surface area contributed by atoms with E-state index in [2.05, 4.69) is 4.98 Å². The lowest BCUT2D eigenvalue weighted by molar-refractivity contribution is -0.197. The Balaban J connectivity index is 2.49. The van der Waals surface area contributed by atoms with Crippen LogP contribution in [0.25, 0.3) is 0 Å². The molecule has 27 heavy (non-hydrogen) atoms. The molecule has 1 aromatic rings. The molecule has 9 heteroatoms. The molecule has 1 aromatic heterocycles. The third kappa shape index (κ3) is 4.29. The van der Waals surface area contributed by atoms with Crippen LogP contribution in [0.2, 0.25) is 0 Å². The minimum atomic E-state index is -1.51. The Hall–Kier alpha value is -2.42. The number of aromatic nitrogens is 2. The van der Waals surface area contributed by atoms with E-state index in [1.807, 2.05) is 6.92 Å². The van der Waals surface area contributed by atoms with Gasteiger partial charge in [-0.15, -0.1) is 0 Å². The lowest BCUT2D eigenvalue weighted by atomic mass is 9.98. The fourth-order valence-corrected chi connectivity index (χ4v) is 2.80. The molecule has 0 unspecified atom stereocenters. The zero-order chi connectivity index (χ0) is 20.4. The molecule has 2 heterocycles. The van der Waals surface area contributed by atoms with Crippen molar-refractivity contribution in [1.29, 1.82) is 0 Å². The highest BCUT2D eigenvalue weighted by Crippen LogP contribution is 2.37. The van der Waals surface area contributed by atoms with E-state index in [-0.39, 0.29) is 36.8 Å². The number of anilines is 1. The number of carbonyl (C=O) groups excluding carboxylic acids is 2. The lowest BCUT2D eigenvalue weighted by Gasteiger charge is -2.35. The Kier molecular flexibility index (Phi) is 6.25. The molecule has 2 N–H and O–H groups in total. The van der Waals surface area contributed by atoms with Crippen molar-refractivity contribution in [3.8, 4) is 0 Å². The van der Waals surface area contributed by atoms with Crippen molar-refractivity contribution in [2.75, 3.05) is 18.9 Å². The van der Waals surface area contributed by atoms with Gasteiger partial charge in [-0.05, 0) is 6.07 Å². The summed E-state index contributed by atoms with van der Waals surface area (Å²) in [5, 5.41) is 0. The minimum Gasteiger partial charge on any atom is -0.460 e. The maximum atomic E-state index is 12.5. The molecule has 3 atom stereocenters.